The minimum Gasteiger partial charge on any atom is -0.505 e. The van der Waals surface area contributed by atoms with E-state index in [0.717, 1.165) is 0 Å². The fraction of sp³-hybridized carbons (Fsp3) is 0.0714. The highest BCUT2D eigenvalue weighted by molar-refractivity contribution is 9.10. The molecule has 1 amide bonds. The van der Waals surface area contributed by atoms with Crippen LogP contribution in [0.1, 0.15) is 15.9 Å². The van der Waals surface area contributed by atoms with Crippen molar-refractivity contribution in [3.8, 4) is 5.75 Å². The molecule has 0 saturated heterocycles. The lowest BCUT2D eigenvalue weighted by molar-refractivity contribution is 0.0948. The first kappa shape index (κ1) is 14.3. The lowest BCUT2D eigenvalue weighted by Gasteiger charge is -2.09. The van der Waals surface area contributed by atoms with Crippen LogP contribution < -0.4 is 11.1 Å². The van der Waals surface area contributed by atoms with Crippen molar-refractivity contribution in [1.82, 2.24) is 5.32 Å². The van der Waals surface area contributed by atoms with Gasteiger partial charge in [0.1, 0.15) is 5.82 Å². The molecule has 20 heavy (non-hydrogen) atoms. The van der Waals surface area contributed by atoms with Crippen LogP contribution in [0.4, 0.5) is 10.1 Å². The number of aromatic hydroxyl groups is 1. The Balaban J connectivity index is 2.13. The Bertz CT molecular complexity index is 662. The maximum atomic E-state index is 13.1. The number of benzene rings is 2. The highest BCUT2D eigenvalue weighted by atomic mass is 79.9. The minimum absolute atomic E-state index is 0.0810. The number of phenols is 1. The summed E-state index contributed by atoms with van der Waals surface area (Å²) in [6, 6.07) is 8.73. The molecule has 0 radical (unpaired) electrons. The van der Waals surface area contributed by atoms with Gasteiger partial charge >= 0.3 is 0 Å². The highest BCUT2D eigenvalue weighted by Gasteiger charge is 2.13. The van der Waals surface area contributed by atoms with Gasteiger partial charge in [-0.05, 0) is 35.9 Å². The van der Waals surface area contributed by atoms with Crippen molar-refractivity contribution in [2.75, 3.05) is 5.73 Å². The minimum atomic E-state index is -0.481. The normalized spacial score (nSPS) is 10.3. The number of halogens is 2. The summed E-state index contributed by atoms with van der Waals surface area (Å²) in [6.45, 7) is 0.130. The van der Waals surface area contributed by atoms with Crippen LogP contribution in [0, 0.1) is 5.82 Å². The Kier molecular flexibility index (Phi) is 4.24. The van der Waals surface area contributed by atoms with Crippen LogP contribution >= 0.6 is 15.9 Å². The predicted octanol–water partition coefficient (Wildman–Crippen LogP) is 2.81. The summed E-state index contributed by atoms with van der Waals surface area (Å²) < 4.78 is 13.8. The molecular weight excluding hydrogens is 327 g/mol. The maximum Gasteiger partial charge on any atom is 0.255 e. The molecule has 0 spiro atoms. The summed E-state index contributed by atoms with van der Waals surface area (Å²) >= 11 is 3.28. The van der Waals surface area contributed by atoms with E-state index < -0.39 is 5.91 Å². The van der Waals surface area contributed by atoms with Gasteiger partial charge in [-0.25, -0.2) is 4.39 Å². The quantitative estimate of drug-likeness (QED) is 0.595. The highest BCUT2D eigenvalue weighted by Crippen LogP contribution is 2.24. The summed E-state index contributed by atoms with van der Waals surface area (Å²) in [5, 5.41) is 12.3. The molecule has 4 N–H and O–H groups in total. The first-order valence-electron chi connectivity index (χ1n) is 5.78. The molecule has 0 unspecified atom stereocenters. The zero-order valence-electron chi connectivity index (χ0n) is 10.4. The smallest absolute Gasteiger partial charge is 0.255 e. The van der Waals surface area contributed by atoms with E-state index in [1.165, 1.54) is 24.3 Å². The van der Waals surface area contributed by atoms with Gasteiger partial charge in [-0.2, -0.15) is 0 Å². The molecule has 6 heteroatoms. The number of hydrogen-bond acceptors (Lipinski definition) is 3. The van der Waals surface area contributed by atoms with Gasteiger partial charge in [-0.15, -0.1) is 0 Å². The van der Waals surface area contributed by atoms with Gasteiger partial charge in [-0.1, -0.05) is 22.0 Å². The van der Waals surface area contributed by atoms with Gasteiger partial charge in [0.15, 0.2) is 5.75 Å². The molecule has 0 saturated carbocycles. The zero-order chi connectivity index (χ0) is 14.7. The Hall–Kier alpha value is -2.08. The average molecular weight is 339 g/mol. The van der Waals surface area contributed by atoms with Crippen LogP contribution in [0.3, 0.4) is 0 Å². The third-order valence-corrected chi connectivity index (χ3v) is 3.53. The molecule has 2 aromatic carbocycles. The topological polar surface area (TPSA) is 75.4 Å². The van der Waals surface area contributed by atoms with Gasteiger partial charge in [0.25, 0.3) is 5.91 Å². The molecule has 0 aliphatic carbocycles. The predicted molar refractivity (Wildman–Crippen MR) is 77.8 cm³/mol. The molecule has 0 aliphatic rings. The van der Waals surface area contributed by atoms with Crippen LogP contribution in [0.25, 0.3) is 0 Å². The number of nitrogen functional groups attached to an aromatic ring is 1. The number of anilines is 1. The zero-order valence-corrected chi connectivity index (χ0v) is 11.9. The number of carbonyl (C=O) groups is 1. The van der Waals surface area contributed by atoms with E-state index in [2.05, 4.69) is 21.2 Å². The summed E-state index contributed by atoms with van der Waals surface area (Å²) in [7, 11) is 0. The van der Waals surface area contributed by atoms with Crippen molar-refractivity contribution >= 4 is 27.5 Å². The van der Waals surface area contributed by atoms with E-state index in [-0.39, 0.29) is 29.4 Å². The van der Waals surface area contributed by atoms with Crippen molar-refractivity contribution in [2.24, 2.45) is 0 Å². The second kappa shape index (κ2) is 5.92. The number of amides is 1. The van der Waals surface area contributed by atoms with Crippen LogP contribution in [-0.2, 0) is 6.54 Å². The summed E-state index contributed by atoms with van der Waals surface area (Å²) in [5.74, 6) is -1.13. The fourth-order valence-electron chi connectivity index (χ4n) is 1.69. The van der Waals surface area contributed by atoms with Crippen molar-refractivity contribution in [1.29, 1.82) is 0 Å². The van der Waals surface area contributed by atoms with E-state index >= 15 is 0 Å². The number of nitrogens with one attached hydrogen (secondary N) is 1. The maximum absolute atomic E-state index is 13.1. The molecule has 0 atom stereocenters. The Morgan fingerprint density at radius 3 is 2.85 bits per heavy atom. The van der Waals surface area contributed by atoms with Crippen molar-refractivity contribution in [2.45, 2.75) is 6.54 Å². The van der Waals surface area contributed by atoms with E-state index in [4.69, 9.17) is 5.73 Å². The van der Waals surface area contributed by atoms with E-state index in [1.54, 1.807) is 12.1 Å². The molecule has 2 aromatic rings. The lowest BCUT2D eigenvalue weighted by Crippen LogP contribution is -2.23. The van der Waals surface area contributed by atoms with Crippen molar-refractivity contribution in [3.63, 3.8) is 0 Å². The third kappa shape index (κ3) is 3.08. The third-order valence-electron chi connectivity index (χ3n) is 2.76. The van der Waals surface area contributed by atoms with Crippen molar-refractivity contribution < 1.29 is 14.3 Å². The molecule has 0 aromatic heterocycles. The summed E-state index contributed by atoms with van der Waals surface area (Å²) in [5.41, 5.74) is 6.33. The average Bonchev–Trinajstić information content (AvgIpc) is 2.42. The molecule has 0 fully saturated rings. The molecular formula is C14H12BrFN2O2. The summed E-state index contributed by atoms with van der Waals surface area (Å²) in [6.07, 6.45) is 0. The van der Waals surface area contributed by atoms with Gasteiger partial charge < -0.3 is 16.2 Å². The summed E-state index contributed by atoms with van der Waals surface area (Å²) in [4.78, 5) is 12.0. The van der Waals surface area contributed by atoms with Crippen LogP contribution in [0.5, 0.6) is 5.75 Å². The van der Waals surface area contributed by atoms with Crippen LogP contribution in [-0.4, -0.2) is 11.0 Å². The number of phenolic OH excluding ortho intramolecular Hbond substituents is 1. The first-order chi connectivity index (χ1) is 9.49. The second-order valence-electron chi connectivity index (χ2n) is 4.16. The van der Waals surface area contributed by atoms with Gasteiger partial charge in [0, 0.05) is 11.0 Å². The fourth-order valence-corrected chi connectivity index (χ4v) is 2.08. The molecule has 4 nitrogen and oxygen atoms in total. The second-order valence-corrected chi connectivity index (χ2v) is 5.02. The number of carbonyl (C=O) groups excluding carboxylic acids is 1. The Labute approximate surface area is 123 Å². The number of para-hydroxylation sites is 1. The molecule has 2 rings (SSSR count). The SMILES string of the molecule is Nc1cccc(C(=O)NCc2cc(F)ccc2Br)c1O. The molecule has 104 valence electrons. The molecule has 0 heterocycles. The van der Waals surface area contributed by atoms with Gasteiger partial charge in [-0.3, -0.25) is 4.79 Å². The van der Waals surface area contributed by atoms with E-state index in [0.29, 0.717) is 10.0 Å². The number of nitrogens with two attached hydrogens (primary N) is 1. The van der Waals surface area contributed by atoms with Gasteiger partial charge in [0.05, 0.1) is 11.3 Å². The monoisotopic (exact) mass is 338 g/mol. The van der Waals surface area contributed by atoms with Gasteiger partial charge in [0.2, 0.25) is 0 Å². The Morgan fingerprint density at radius 2 is 2.10 bits per heavy atom. The van der Waals surface area contributed by atoms with Crippen LogP contribution in [0.15, 0.2) is 40.9 Å². The van der Waals surface area contributed by atoms with E-state index in [9.17, 15) is 14.3 Å². The molecule has 0 bridgehead atoms. The largest absolute Gasteiger partial charge is 0.505 e. The lowest BCUT2D eigenvalue weighted by atomic mass is 10.1. The Morgan fingerprint density at radius 1 is 1.35 bits per heavy atom. The van der Waals surface area contributed by atoms with Crippen LogP contribution in [0.2, 0.25) is 0 Å². The van der Waals surface area contributed by atoms with Crippen molar-refractivity contribution in [3.05, 3.63) is 57.8 Å². The number of rotatable bonds is 3. The number of hydrogen-bond donors (Lipinski definition) is 3. The standard InChI is InChI=1S/C14H12BrFN2O2/c15-11-5-4-9(16)6-8(11)7-18-14(20)10-2-1-3-12(17)13(10)19/h1-6,19H,7,17H2,(H,18,20). The first-order valence-corrected chi connectivity index (χ1v) is 6.58. The van der Waals surface area contributed by atoms with E-state index in [1.807, 2.05) is 0 Å². The molecule has 0 aliphatic heterocycles.